The van der Waals surface area contributed by atoms with Crippen molar-refractivity contribution >= 4 is 21.7 Å². The topological polar surface area (TPSA) is 17.1 Å². The van der Waals surface area contributed by atoms with Crippen LogP contribution in [0.1, 0.15) is 22.6 Å². The number of halogens is 1. The minimum absolute atomic E-state index is 0.105. The summed E-state index contributed by atoms with van der Waals surface area (Å²) in [5.41, 5.74) is 3.62. The van der Waals surface area contributed by atoms with Gasteiger partial charge in [-0.1, -0.05) is 58.4 Å². The minimum Gasteiger partial charge on any atom is -0.299 e. The standard InChI is InChI=1S/C16H13BrO/c17-15-8-4-2-6-12(15)10-16(18)14-9-11-5-1-3-7-13(11)14/h1-8,14H,9-10H2. The number of fused-ring (bicyclic) bond motifs is 1. The van der Waals surface area contributed by atoms with E-state index in [1.54, 1.807) is 0 Å². The molecule has 0 saturated carbocycles. The van der Waals surface area contributed by atoms with Gasteiger partial charge in [0.2, 0.25) is 0 Å². The lowest BCUT2D eigenvalue weighted by molar-refractivity contribution is -0.120. The summed E-state index contributed by atoms with van der Waals surface area (Å²) >= 11 is 3.49. The zero-order valence-corrected chi connectivity index (χ0v) is 11.5. The molecule has 0 fully saturated rings. The highest BCUT2D eigenvalue weighted by molar-refractivity contribution is 9.10. The second-order valence-corrected chi connectivity index (χ2v) is 5.54. The van der Waals surface area contributed by atoms with Crippen molar-refractivity contribution in [3.8, 4) is 0 Å². The average Bonchev–Trinajstić information content (AvgIpc) is 2.34. The van der Waals surface area contributed by atoms with Crippen molar-refractivity contribution in [2.75, 3.05) is 0 Å². The second kappa shape index (κ2) is 4.69. The molecule has 0 spiro atoms. The zero-order valence-electron chi connectivity index (χ0n) is 9.90. The van der Waals surface area contributed by atoms with Gasteiger partial charge in [-0.2, -0.15) is 0 Å². The van der Waals surface area contributed by atoms with Gasteiger partial charge in [-0.15, -0.1) is 0 Å². The van der Waals surface area contributed by atoms with Crippen LogP contribution in [0.5, 0.6) is 0 Å². The van der Waals surface area contributed by atoms with Gasteiger partial charge in [0.05, 0.1) is 0 Å². The Labute approximate surface area is 115 Å². The molecule has 0 amide bonds. The highest BCUT2D eigenvalue weighted by Crippen LogP contribution is 2.36. The van der Waals surface area contributed by atoms with Crippen molar-refractivity contribution in [2.24, 2.45) is 0 Å². The van der Waals surface area contributed by atoms with E-state index in [0.29, 0.717) is 12.2 Å². The number of carbonyl (C=O) groups excluding carboxylic acids is 1. The highest BCUT2D eigenvalue weighted by Gasteiger charge is 2.31. The van der Waals surface area contributed by atoms with E-state index in [9.17, 15) is 4.79 Å². The molecule has 0 radical (unpaired) electrons. The number of hydrogen-bond acceptors (Lipinski definition) is 1. The number of benzene rings is 2. The third-order valence-electron chi connectivity index (χ3n) is 3.57. The predicted octanol–water partition coefficient (Wildman–Crippen LogP) is 3.90. The van der Waals surface area contributed by atoms with Crippen LogP contribution in [0.2, 0.25) is 0 Å². The number of hydrogen-bond donors (Lipinski definition) is 0. The van der Waals surface area contributed by atoms with Crippen LogP contribution in [-0.4, -0.2) is 5.78 Å². The Bertz CT molecular complexity index is 604. The number of rotatable bonds is 3. The molecule has 2 aromatic rings. The Balaban J connectivity index is 1.77. The Morgan fingerprint density at radius 1 is 1.11 bits per heavy atom. The van der Waals surface area contributed by atoms with Gasteiger partial charge < -0.3 is 0 Å². The maximum Gasteiger partial charge on any atom is 0.145 e. The van der Waals surface area contributed by atoms with Crippen LogP contribution in [-0.2, 0) is 17.6 Å². The molecule has 0 aliphatic heterocycles. The minimum atomic E-state index is 0.105. The molecular formula is C16H13BrO. The van der Waals surface area contributed by atoms with Crippen LogP contribution < -0.4 is 0 Å². The van der Waals surface area contributed by atoms with Crippen molar-refractivity contribution < 1.29 is 4.79 Å². The first kappa shape index (κ1) is 11.7. The largest absolute Gasteiger partial charge is 0.299 e. The summed E-state index contributed by atoms with van der Waals surface area (Å²) in [6.07, 6.45) is 1.42. The van der Waals surface area contributed by atoms with E-state index in [2.05, 4.69) is 28.1 Å². The molecule has 0 aromatic heterocycles. The first-order valence-corrected chi connectivity index (χ1v) is 6.89. The van der Waals surface area contributed by atoms with Gasteiger partial charge in [-0.05, 0) is 29.2 Å². The lowest BCUT2D eigenvalue weighted by Crippen LogP contribution is -2.26. The SMILES string of the molecule is O=C(Cc1ccccc1Br)C1Cc2ccccc21. The van der Waals surface area contributed by atoms with E-state index in [1.165, 1.54) is 11.1 Å². The summed E-state index contributed by atoms with van der Waals surface area (Å²) in [7, 11) is 0. The lowest BCUT2D eigenvalue weighted by Gasteiger charge is -2.28. The van der Waals surface area contributed by atoms with Crippen LogP contribution in [0.25, 0.3) is 0 Å². The summed E-state index contributed by atoms with van der Waals surface area (Å²) < 4.78 is 1.02. The molecule has 1 aliphatic carbocycles. The molecule has 2 aromatic carbocycles. The molecular weight excluding hydrogens is 288 g/mol. The van der Waals surface area contributed by atoms with E-state index >= 15 is 0 Å². The molecule has 3 rings (SSSR count). The van der Waals surface area contributed by atoms with Crippen molar-refractivity contribution in [3.05, 3.63) is 69.7 Å². The molecule has 90 valence electrons. The number of carbonyl (C=O) groups is 1. The fourth-order valence-corrected chi connectivity index (χ4v) is 2.92. The predicted molar refractivity (Wildman–Crippen MR) is 75.7 cm³/mol. The first-order valence-electron chi connectivity index (χ1n) is 6.09. The highest BCUT2D eigenvalue weighted by atomic mass is 79.9. The molecule has 1 unspecified atom stereocenters. The van der Waals surface area contributed by atoms with Gasteiger partial charge in [0, 0.05) is 16.8 Å². The molecule has 0 saturated heterocycles. The van der Waals surface area contributed by atoms with E-state index in [-0.39, 0.29) is 5.92 Å². The molecule has 0 N–H and O–H groups in total. The van der Waals surface area contributed by atoms with Crippen molar-refractivity contribution in [3.63, 3.8) is 0 Å². The van der Waals surface area contributed by atoms with Gasteiger partial charge in [0.15, 0.2) is 0 Å². The van der Waals surface area contributed by atoms with E-state index in [0.717, 1.165) is 16.5 Å². The monoisotopic (exact) mass is 300 g/mol. The summed E-state index contributed by atoms with van der Waals surface area (Å²) in [4.78, 5) is 12.3. The van der Waals surface area contributed by atoms with Gasteiger partial charge in [-0.25, -0.2) is 0 Å². The van der Waals surface area contributed by atoms with E-state index < -0.39 is 0 Å². The summed E-state index contributed by atoms with van der Waals surface area (Å²) in [5, 5.41) is 0. The first-order chi connectivity index (χ1) is 8.75. The fourth-order valence-electron chi connectivity index (χ4n) is 2.50. The molecule has 0 bridgehead atoms. The van der Waals surface area contributed by atoms with Crippen molar-refractivity contribution in [2.45, 2.75) is 18.8 Å². The molecule has 18 heavy (non-hydrogen) atoms. The third kappa shape index (κ3) is 2.01. The van der Waals surface area contributed by atoms with Crippen LogP contribution >= 0.6 is 15.9 Å². The molecule has 1 aliphatic rings. The maximum absolute atomic E-state index is 12.3. The van der Waals surface area contributed by atoms with Gasteiger partial charge >= 0.3 is 0 Å². The quantitative estimate of drug-likeness (QED) is 0.840. The maximum atomic E-state index is 12.3. The van der Waals surface area contributed by atoms with E-state index in [4.69, 9.17) is 0 Å². The van der Waals surface area contributed by atoms with Crippen molar-refractivity contribution in [1.29, 1.82) is 0 Å². The Morgan fingerprint density at radius 3 is 2.61 bits per heavy atom. The number of ketones is 1. The average molecular weight is 301 g/mol. The Kier molecular flexibility index (Phi) is 3.04. The second-order valence-electron chi connectivity index (χ2n) is 4.69. The van der Waals surface area contributed by atoms with Crippen LogP contribution in [0.3, 0.4) is 0 Å². The summed E-state index contributed by atoms with van der Waals surface area (Å²) in [6.45, 7) is 0. The Hall–Kier alpha value is -1.41. The molecule has 2 heteroatoms. The Morgan fingerprint density at radius 2 is 1.83 bits per heavy atom. The molecule has 1 nitrogen and oxygen atoms in total. The molecule has 0 heterocycles. The zero-order chi connectivity index (χ0) is 12.5. The number of Topliss-reactive ketones (excluding diaryl/α,β-unsaturated/α-hetero) is 1. The van der Waals surface area contributed by atoms with Gasteiger partial charge in [0.25, 0.3) is 0 Å². The van der Waals surface area contributed by atoms with Gasteiger partial charge in [0.1, 0.15) is 5.78 Å². The summed E-state index contributed by atoms with van der Waals surface area (Å²) in [6, 6.07) is 16.2. The van der Waals surface area contributed by atoms with Crippen LogP contribution in [0.15, 0.2) is 53.0 Å². The van der Waals surface area contributed by atoms with E-state index in [1.807, 2.05) is 36.4 Å². The smallest absolute Gasteiger partial charge is 0.145 e. The van der Waals surface area contributed by atoms with Gasteiger partial charge in [-0.3, -0.25) is 4.79 Å². The van der Waals surface area contributed by atoms with Crippen LogP contribution in [0.4, 0.5) is 0 Å². The van der Waals surface area contributed by atoms with Crippen molar-refractivity contribution in [1.82, 2.24) is 0 Å². The van der Waals surface area contributed by atoms with Crippen LogP contribution in [0, 0.1) is 0 Å². The third-order valence-corrected chi connectivity index (χ3v) is 4.34. The summed E-state index contributed by atoms with van der Waals surface area (Å²) in [5.74, 6) is 0.425. The normalized spacial score (nSPS) is 16.8. The lowest BCUT2D eigenvalue weighted by atomic mass is 9.74. The fraction of sp³-hybridized carbons (Fsp3) is 0.188. The molecule has 1 atom stereocenters.